The molecule has 1 aliphatic heterocycles. The number of likely N-dealkylation sites (N-methyl/N-ethyl adjacent to an activating group) is 2. The Morgan fingerprint density at radius 2 is 2.06 bits per heavy atom. The molecule has 102 valence electrons. The van der Waals surface area contributed by atoms with E-state index < -0.39 is 0 Å². The predicted octanol–water partition coefficient (Wildman–Crippen LogP) is 1.41. The molecule has 3 atom stereocenters. The molecule has 4 nitrogen and oxygen atoms in total. The molecule has 0 aromatic rings. The summed E-state index contributed by atoms with van der Waals surface area (Å²) < 4.78 is 0. The molecule has 0 aromatic carbocycles. The third-order valence-corrected chi connectivity index (χ3v) is 4.54. The molecule has 1 unspecified atom stereocenters. The molecular formula is C14H25N3O. The molecule has 18 heavy (non-hydrogen) atoms. The van der Waals surface area contributed by atoms with E-state index in [4.69, 9.17) is 0 Å². The Labute approximate surface area is 110 Å². The van der Waals surface area contributed by atoms with Gasteiger partial charge in [-0.05, 0) is 26.3 Å². The summed E-state index contributed by atoms with van der Waals surface area (Å²) >= 11 is 0. The van der Waals surface area contributed by atoms with Gasteiger partial charge in [0.15, 0.2) is 0 Å². The van der Waals surface area contributed by atoms with Crippen LogP contribution in [0.3, 0.4) is 0 Å². The minimum Gasteiger partial charge on any atom is -0.341 e. The van der Waals surface area contributed by atoms with Crippen LogP contribution in [0.25, 0.3) is 0 Å². The fourth-order valence-electron chi connectivity index (χ4n) is 3.21. The Morgan fingerprint density at radius 3 is 2.61 bits per heavy atom. The lowest BCUT2D eigenvalue weighted by Gasteiger charge is -2.43. The molecule has 0 aromatic heterocycles. The van der Waals surface area contributed by atoms with Gasteiger partial charge in [-0.3, -0.25) is 9.69 Å². The second-order valence-corrected chi connectivity index (χ2v) is 5.66. The average Bonchev–Trinajstić information content (AvgIpc) is 2.37. The van der Waals surface area contributed by atoms with Gasteiger partial charge in [0, 0.05) is 38.8 Å². The summed E-state index contributed by atoms with van der Waals surface area (Å²) in [5.74, 6) is 0.744. The maximum absolute atomic E-state index is 12.4. The summed E-state index contributed by atoms with van der Waals surface area (Å²) in [7, 11) is 5.83. The standard InChI is InChI=1S/C14H25N3O/c1-15-10-11-6-4-5-7-12(11)17(3)14(18)13-8-9-16(13)2/h10-13H,4-9H2,1-3H3/t11?,12-,13-/m0/s1. The number of likely N-dealkylation sites (tertiary alicyclic amines) is 1. The Hall–Kier alpha value is -0.900. The van der Waals surface area contributed by atoms with Crippen LogP contribution in [-0.2, 0) is 4.79 Å². The van der Waals surface area contributed by atoms with Crippen LogP contribution in [0.4, 0.5) is 0 Å². The Kier molecular flexibility index (Phi) is 4.38. The van der Waals surface area contributed by atoms with Gasteiger partial charge in [-0.1, -0.05) is 12.8 Å². The van der Waals surface area contributed by atoms with Gasteiger partial charge in [0.25, 0.3) is 0 Å². The Morgan fingerprint density at radius 1 is 1.33 bits per heavy atom. The number of carbonyl (C=O) groups excluding carboxylic acids is 1. The zero-order valence-electron chi connectivity index (χ0n) is 11.8. The average molecular weight is 251 g/mol. The normalized spacial score (nSPS) is 33.4. The van der Waals surface area contributed by atoms with Crippen molar-refractivity contribution in [3.63, 3.8) is 0 Å². The van der Waals surface area contributed by atoms with Gasteiger partial charge < -0.3 is 9.89 Å². The molecule has 1 saturated heterocycles. The molecule has 1 amide bonds. The zero-order chi connectivity index (χ0) is 13.1. The van der Waals surface area contributed by atoms with E-state index in [1.807, 2.05) is 32.3 Å². The van der Waals surface area contributed by atoms with Crippen LogP contribution in [0, 0.1) is 5.92 Å². The summed E-state index contributed by atoms with van der Waals surface area (Å²) in [6.45, 7) is 1.05. The Balaban J connectivity index is 2.01. The third kappa shape index (κ3) is 2.58. The molecule has 1 saturated carbocycles. The molecule has 1 heterocycles. The minimum absolute atomic E-state index is 0.121. The highest BCUT2D eigenvalue weighted by Gasteiger charge is 2.37. The molecule has 2 aliphatic rings. The van der Waals surface area contributed by atoms with Gasteiger partial charge in [0.2, 0.25) is 5.91 Å². The quantitative estimate of drug-likeness (QED) is 0.711. The van der Waals surface area contributed by atoms with Crippen molar-refractivity contribution < 1.29 is 4.79 Å². The van der Waals surface area contributed by atoms with E-state index >= 15 is 0 Å². The first-order valence-electron chi connectivity index (χ1n) is 7.04. The largest absolute Gasteiger partial charge is 0.341 e. The van der Waals surface area contributed by atoms with Crippen molar-refractivity contribution >= 4 is 12.1 Å². The lowest BCUT2D eigenvalue weighted by atomic mass is 9.84. The number of nitrogens with zero attached hydrogens (tertiary/aromatic N) is 3. The van der Waals surface area contributed by atoms with Gasteiger partial charge in [-0.2, -0.15) is 0 Å². The summed E-state index contributed by atoms with van der Waals surface area (Å²) in [5, 5.41) is 0. The molecule has 2 rings (SSSR count). The summed E-state index contributed by atoms with van der Waals surface area (Å²) in [4.78, 5) is 20.7. The van der Waals surface area contributed by atoms with Crippen LogP contribution >= 0.6 is 0 Å². The molecule has 1 aliphatic carbocycles. The fraction of sp³-hybridized carbons (Fsp3) is 0.857. The maximum Gasteiger partial charge on any atom is 0.239 e. The number of carbonyl (C=O) groups is 1. The van der Waals surface area contributed by atoms with Gasteiger partial charge in [-0.15, -0.1) is 0 Å². The number of amides is 1. The van der Waals surface area contributed by atoms with E-state index in [1.165, 1.54) is 19.3 Å². The number of aliphatic imine (C=N–C) groups is 1. The maximum atomic E-state index is 12.4. The summed E-state index contributed by atoms with van der Waals surface area (Å²) in [5.41, 5.74) is 0. The van der Waals surface area contributed by atoms with Gasteiger partial charge in [0.05, 0.1) is 6.04 Å². The number of hydrogen-bond acceptors (Lipinski definition) is 3. The first-order chi connectivity index (χ1) is 8.65. The van der Waals surface area contributed by atoms with Gasteiger partial charge in [0.1, 0.15) is 0 Å². The molecule has 0 radical (unpaired) electrons. The SMILES string of the molecule is CN=CC1CCCC[C@@H]1N(C)C(=O)[C@@H]1CCN1C. The molecule has 2 fully saturated rings. The summed E-state index contributed by atoms with van der Waals surface area (Å²) in [6.07, 6.45) is 7.84. The highest BCUT2D eigenvalue weighted by Crippen LogP contribution is 2.28. The highest BCUT2D eigenvalue weighted by atomic mass is 16.2. The number of rotatable bonds is 3. The molecule has 0 N–H and O–H groups in total. The molecule has 4 heteroatoms. The van der Waals surface area contributed by atoms with E-state index in [0.717, 1.165) is 19.4 Å². The first kappa shape index (κ1) is 13.5. The molecule has 0 bridgehead atoms. The lowest BCUT2D eigenvalue weighted by Crippen LogP contribution is -2.57. The van der Waals surface area contributed by atoms with Crippen LogP contribution in [0.5, 0.6) is 0 Å². The third-order valence-electron chi connectivity index (χ3n) is 4.54. The zero-order valence-corrected chi connectivity index (χ0v) is 11.8. The predicted molar refractivity (Wildman–Crippen MR) is 74.0 cm³/mol. The van der Waals surface area contributed by atoms with E-state index in [1.54, 1.807) is 0 Å². The minimum atomic E-state index is 0.121. The van der Waals surface area contributed by atoms with Crippen LogP contribution in [-0.4, -0.2) is 61.7 Å². The van der Waals surface area contributed by atoms with Crippen LogP contribution < -0.4 is 0 Å². The van der Waals surface area contributed by atoms with Crippen LogP contribution in [0.2, 0.25) is 0 Å². The lowest BCUT2D eigenvalue weighted by molar-refractivity contribution is -0.142. The van der Waals surface area contributed by atoms with E-state index in [2.05, 4.69) is 9.89 Å². The second kappa shape index (κ2) is 5.83. The van der Waals surface area contributed by atoms with Crippen molar-refractivity contribution in [1.29, 1.82) is 0 Å². The van der Waals surface area contributed by atoms with Gasteiger partial charge in [-0.25, -0.2) is 0 Å². The van der Waals surface area contributed by atoms with E-state index in [9.17, 15) is 4.79 Å². The second-order valence-electron chi connectivity index (χ2n) is 5.66. The van der Waals surface area contributed by atoms with Crippen molar-refractivity contribution in [3.8, 4) is 0 Å². The first-order valence-corrected chi connectivity index (χ1v) is 7.04. The van der Waals surface area contributed by atoms with E-state index in [-0.39, 0.29) is 6.04 Å². The van der Waals surface area contributed by atoms with Crippen molar-refractivity contribution in [2.45, 2.75) is 44.2 Å². The molecular weight excluding hydrogens is 226 g/mol. The molecule has 0 spiro atoms. The van der Waals surface area contributed by atoms with Crippen molar-refractivity contribution in [2.24, 2.45) is 10.9 Å². The van der Waals surface area contributed by atoms with Crippen LogP contribution in [0.1, 0.15) is 32.1 Å². The smallest absolute Gasteiger partial charge is 0.239 e. The van der Waals surface area contributed by atoms with Gasteiger partial charge >= 0.3 is 0 Å². The van der Waals surface area contributed by atoms with Crippen molar-refractivity contribution in [2.75, 3.05) is 27.7 Å². The van der Waals surface area contributed by atoms with Crippen molar-refractivity contribution in [3.05, 3.63) is 0 Å². The van der Waals surface area contributed by atoms with E-state index in [0.29, 0.717) is 17.9 Å². The van der Waals surface area contributed by atoms with Crippen molar-refractivity contribution in [1.82, 2.24) is 9.80 Å². The Bertz CT molecular complexity index is 329. The topological polar surface area (TPSA) is 35.9 Å². The van der Waals surface area contributed by atoms with Crippen LogP contribution in [0.15, 0.2) is 4.99 Å². The number of hydrogen-bond donors (Lipinski definition) is 0. The fourth-order valence-corrected chi connectivity index (χ4v) is 3.21. The monoisotopic (exact) mass is 251 g/mol. The highest BCUT2D eigenvalue weighted by molar-refractivity contribution is 5.83. The summed E-state index contributed by atoms with van der Waals surface area (Å²) in [6, 6.07) is 0.472.